The predicted octanol–water partition coefficient (Wildman–Crippen LogP) is 8.61. The van der Waals surface area contributed by atoms with Crippen LogP contribution in [0, 0.1) is 5.92 Å². The van der Waals surface area contributed by atoms with Crippen LogP contribution in [0.2, 0.25) is 0 Å². The lowest BCUT2D eigenvalue weighted by Crippen LogP contribution is -2.43. The molecular weight excluding hydrogens is 454 g/mol. The third-order valence-electron chi connectivity index (χ3n) is 8.52. The number of rotatable bonds is 6. The summed E-state index contributed by atoms with van der Waals surface area (Å²) in [5.74, 6) is 0.0401. The molecule has 1 aliphatic carbocycles. The van der Waals surface area contributed by atoms with Crippen LogP contribution in [0.25, 0.3) is 54.6 Å². The lowest BCUT2D eigenvalue weighted by Gasteiger charge is -2.30. The molecule has 1 aliphatic heterocycles. The van der Waals surface area contributed by atoms with E-state index in [1.807, 2.05) is 12.1 Å². The van der Waals surface area contributed by atoms with E-state index < -0.39 is 0 Å². The number of carbonyl (C=O) groups is 2. The highest BCUT2D eigenvalue weighted by atomic mass is 16.2. The molecule has 182 valence electrons. The first kappa shape index (κ1) is 22.2. The number of carbonyl (C=O) groups excluding carboxylic acids is 2. The fourth-order valence-electron chi connectivity index (χ4n) is 6.46. The first-order valence-electron chi connectivity index (χ1n) is 13.5. The Bertz CT molecular complexity index is 1660. The van der Waals surface area contributed by atoms with Crippen molar-refractivity contribution in [3.05, 3.63) is 83.9 Å². The highest BCUT2D eigenvalue weighted by Gasteiger charge is 2.36. The zero-order valence-corrected chi connectivity index (χ0v) is 21.3. The van der Waals surface area contributed by atoms with Gasteiger partial charge in [-0.05, 0) is 97.9 Å². The Balaban J connectivity index is 1.38. The fraction of sp³-hybridized carbons (Fsp3) is 0.235. The van der Waals surface area contributed by atoms with E-state index in [-0.39, 0.29) is 11.8 Å². The van der Waals surface area contributed by atoms with Crippen LogP contribution >= 0.6 is 0 Å². The Labute approximate surface area is 216 Å². The number of imide groups is 1. The van der Waals surface area contributed by atoms with Gasteiger partial charge in [-0.25, -0.2) is 0 Å². The van der Waals surface area contributed by atoms with E-state index >= 15 is 0 Å². The molecule has 0 saturated heterocycles. The maximum Gasteiger partial charge on any atom is 0.261 e. The molecule has 0 bridgehead atoms. The van der Waals surface area contributed by atoms with Crippen LogP contribution < -0.4 is 0 Å². The second kappa shape index (κ2) is 8.27. The van der Waals surface area contributed by atoms with Crippen molar-refractivity contribution in [2.24, 2.45) is 5.92 Å². The van der Waals surface area contributed by atoms with Crippen molar-refractivity contribution in [2.75, 3.05) is 6.54 Å². The van der Waals surface area contributed by atoms with E-state index in [1.165, 1.54) is 37.6 Å². The SMILES string of the molecule is CCCCC(CC)CN1C(=O)c2ccc3c4c(ccc(c24)C1=O)-c1cc2cc4ccccc4cc2cc1-3. The normalized spacial score (nSPS) is 14.7. The molecular formula is C34H29NO2. The van der Waals surface area contributed by atoms with Gasteiger partial charge in [0.05, 0.1) is 0 Å². The zero-order valence-electron chi connectivity index (χ0n) is 21.3. The maximum atomic E-state index is 13.7. The van der Waals surface area contributed by atoms with Crippen molar-refractivity contribution >= 4 is 44.1 Å². The third-order valence-corrected chi connectivity index (χ3v) is 8.52. The van der Waals surface area contributed by atoms with Crippen LogP contribution in [0.1, 0.15) is 60.2 Å². The number of fused-ring (bicyclic) bond motifs is 5. The first-order valence-corrected chi connectivity index (χ1v) is 13.5. The van der Waals surface area contributed by atoms with E-state index in [4.69, 9.17) is 0 Å². The fourth-order valence-corrected chi connectivity index (χ4v) is 6.46. The average Bonchev–Trinajstić information content (AvgIpc) is 3.23. The topological polar surface area (TPSA) is 37.4 Å². The maximum absolute atomic E-state index is 13.7. The molecule has 2 aliphatic rings. The van der Waals surface area contributed by atoms with Crippen molar-refractivity contribution < 1.29 is 9.59 Å². The Morgan fingerprint density at radius 3 is 1.65 bits per heavy atom. The lowest BCUT2D eigenvalue weighted by molar-refractivity contribution is 0.0580. The monoisotopic (exact) mass is 483 g/mol. The number of amides is 2. The van der Waals surface area contributed by atoms with E-state index in [1.54, 1.807) is 0 Å². The summed E-state index contributed by atoms with van der Waals surface area (Å²) in [5, 5.41) is 6.72. The first-order chi connectivity index (χ1) is 18.1. The van der Waals surface area contributed by atoms with E-state index in [0.29, 0.717) is 23.6 Å². The van der Waals surface area contributed by atoms with E-state index in [9.17, 15) is 9.59 Å². The average molecular weight is 484 g/mol. The summed E-state index contributed by atoms with van der Waals surface area (Å²) in [6.07, 6.45) is 4.25. The van der Waals surface area contributed by atoms with Gasteiger partial charge in [0.15, 0.2) is 0 Å². The van der Waals surface area contributed by atoms with Crippen molar-refractivity contribution in [3.63, 3.8) is 0 Å². The summed E-state index contributed by atoms with van der Waals surface area (Å²) in [4.78, 5) is 28.9. The molecule has 5 aromatic rings. The number of hydrogen-bond donors (Lipinski definition) is 0. The molecule has 0 spiro atoms. The van der Waals surface area contributed by atoms with Gasteiger partial charge in [-0.15, -0.1) is 0 Å². The summed E-state index contributed by atoms with van der Waals surface area (Å²) in [7, 11) is 0. The van der Waals surface area contributed by atoms with Gasteiger partial charge in [0.2, 0.25) is 0 Å². The standard InChI is InChI=1S/C34H29NO2/c1-3-5-8-20(4-2)19-35-33(36)27-13-11-25-29-17-23-15-21-9-6-7-10-22(21)16-24(23)18-30(29)26-12-14-28(34(35)37)32(27)31(25)26/h6-7,9-18,20H,3-5,8,19H2,1-2H3. The Hall–Kier alpha value is -3.98. The minimum Gasteiger partial charge on any atom is -0.274 e. The molecule has 0 radical (unpaired) electrons. The quantitative estimate of drug-likeness (QED) is 0.176. The van der Waals surface area contributed by atoms with E-state index in [0.717, 1.165) is 47.6 Å². The summed E-state index contributed by atoms with van der Waals surface area (Å²) in [6.45, 7) is 4.83. The van der Waals surface area contributed by atoms with Gasteiger partial charge in [-0.3, -0.25) is 14.5 Å². The molecule has 0 saturated carbocycles. The Morgan fingerprint density at radius 2 is 1.14 bits per heavy atom. The largest absolute Gasteiger partial charge is 0.274 e. The number of benzene rings is 5. The number of nitrogens with zero attached hydrogens (tertiary/aromatic N) is 1. The summed E-state index contributed by atoms with van der Waals surface area (Å²) < 4.78 is 0. The second-order valence-electron chi connectivity index (χ2n) is 10.7. The number of unbranched alkanes of at least 4 members (excludes halogenated alkanes) is 1. The molecule has 1 atom stereocenters. The molecule has 0 aromatic heterocycles. The smallest absolute Gasteiger partial charge is 0.261 e. The van der Waals surface area contributed by atoms with Gasteiger partial charge in [0, 0.05) is 23.1 Å². The van der Waals surface area contributed by atoms with Crippen molar-refractivity contribution in [3.8, 4) is 22.3 Å². The van der Waals surface area contributed by atoms with Crippen LogP contribution in [0.4, 0.5) is 0 Å². The van der Waals surface area contributed by atoms with Gasteiger partial charge >= 0.3 is 0 Å². The van der Waals surface area contributed by atoms with Gasteiger partial charge in [-0.1, -0.05) is 69.5 Å². The predicted molar refractivity (Wildman–Crippen MR) is 152 cm³/mol. The Kier molecular flexibility index (Phi) is 4.97. The van der Waals surface area contributed by atoms with E-state index in [2.05, 4.69) is 74.5 Å². The molecule has 5 aromatic carbocycles. The van der Waals surface area contributed by atoms with Crippen molar-refractivity contribution in [2.45, 2.75) is 39.5 Å². The van der Waals surface area contributed by atoms with Crippen LogP contribution in [-0.2, 0) is 0 Å². The van der Waals surface area contributed by atoms with Crippen LogP contribution in [0.5, 0.6) is 0 Å². The lowest BCUT2D eigenvalue weighted by atomic mass is 9.89. The van der Waals surface area contributed by atoms with Gasteiger partial charge in [0.1, 0.15) is 0 Å². The van der Waals surface area contributed by atoms with Gasteiger partial charge in [0.25, 0.3) is 11.8 Å². The highest BCUT2D eigenvalue weighted by Crippen LogP contribution is 2.51. The molecule has 1 unspecified atom stereocenters. The molecule has 3 nitrogen and oxygen atoms in total. The molecule has 7 rings (SSSR count). The molecule has 0 fully saturated rings. The minimum absolute atomic E-state index is 0.150. The molecule has 0 N–H and O–H groups in total. The summed E-state index contributed by atoms with van der Waals surface area (Å²) in [5.41, 5.74) is 5.89. The van der Waals surface area contributed by atoms with Crippen molar-refractivity contribution in [1.82, 2.24) is 4.90 Å². The van der Waals surface area contributed by atoms with Gasteiger partial charge < -0.3 is 0 Å². The highest BCUT2D eigenvalue weighted by molar-refractivity contribution is 6.31. The molecule has 3 heteroatoms. The third kappa shape index (κ3) is 3.20. The van der Waals surface area contributed by atoms with Crippen LogP contribution in [0.3, 0.4) is 0 Å². The summed E-state index contributed by atoms with van der Waals surface area (Å²) in [6, 6.07) is 25.6. The number of hydrogen-bond acceptors (Lipinski definition) is 2. The van der Waals surface area contributed by atoms with Crippen LogP contribution in [-0.4, -0.2) is 23.3 Å². The van der Waals surface area contributed by atoms with Crippen molar-refractivity contribution in [1.29, 1.82) is 0 Å². The zero-order chi connectivity index (χ0) is 25.3. The Morgan fingerprint density at radius 1 is 0.622 bits per heavy atom. The summed E-state index contributed by atoms with van der Waals surface area (Å²) >= 11 is 0. The molecule has 2 amide bonds. The van der Waals surface area contributed by atoms with Crippen LogP contribution in [0.15, 0.2) is 72.8 Å². The van der Waals surface area contributed by atoms with Gasteiger partial charge in [-0.2, -0.15) is 0 Å². The molecule has 1 heterocycles. The minimum atomic E-state index is -0.150. The second-order valence-corrected chi connectivity index (χ2v) is 10.7. The molecule has 37 heavy (non-hydrogen) atoms.